The average Bonchev–Trinajstić information content (AvgIpc) is 2.88. The van der Waals surface area contributed by atoms with E-state index in [1.54, 1.807) is 11.3 Å². The van der Waals surface area contributed by atoms with Crippen LogP contribution in [0.25, 0.3) is 0 Å². The number of nitrogens with one attached hydrogen (secondary N) is 1. The molecule has 0 amide bonds. The predicted octanol–water partition coefficient (Wildman–Crippen LogP) is 1.77. The molecule has 1 atom stereocenters. The molecule has 1 N–H and O–H groups in total. The summed E-state index contributed by atoms with van der Waals surface area (Å²) in [6.45, 7) is 3.06. The van der Waals surface area contributed by atoms with E-state index < -0.39 is 0 Å². The summed E-state index contributed by atoms with van der Waals surface area (Å²) in [7, 11) is 2.01. The molecule has 0 aliphatic rings. The third-order valence-electron chi connectivity index (χ3n) is 2.56. The lowest BCUT2D eigenvalue weighted by Crippen LogP contribution is -2.23. The van der Waals surface area contributed by atoms with Crippen LogP contribution in [0.2, 0.25) is 0 Å². The lowest BCUT2D eigenvalue weighted by Gasteiger charge is -2.12. The van der Waals surface area contributed by atoms with Crippen LogP contribution in [-0.4, -0.2) is 21.1 Å². The molecule has 2 heterocycles. The topological polar surface area (TPSA) is 42.7 Å². The van der Waals surface area contributed by atoms with Gasteiger partial charge in [0.1, 0.15) is 5.82 Å². The van der Waals surface area contributed by atoms with E-state index in [1.165, 1.54) is 0 Å². The highest BCUT2D eigenvalue weighted by Gasteiger charge is 2.08. The first-order valence-corrected chi connectivity index (χ1v) is 6.29. The van der Waals surface area contributed by atoms with E-state index >= 15 is 0 Å². The van der Waals surface area contributed by atoms with Gasteiger partial charge in [0, 0.05) is 37.8 Å². The summed E-state index contributed by atoms with van der Waals surface area (Å²) in [4.78, 5) is 8.57. The second kappa shape index (κ2) is 5.23. The lowest BCUT2D eigenvalue weighted by atomic mass is 10.3. The van der Waals surface area contributed by atoms with Gasteiger partial charge in [0.2, 0.25) is 0 Å². The minimum Gasteiger partial charge on any atom is -0.337 e. The number of aromatic nitrogens is 3. The van der Waals surface area contributed by atoms with Gasteiger partial charge in [-0.15, -0.1) is 11.3 Å². The number of hydrogen-bond acceptors (Lipinski definition) is 4. The zero-order valence-corrected chi connectivity index (χ0v) is 10.4. The molecule has 2 aromatic rings. The molecule has 2 aromatic heterocycles. The molecule has 0 saturated carbocycles. The Labute approximate surface area is 99.4 Å². The van der Waals surface area contributed by atoms with E-state index in [0.717, 1.165) is 24.5 Å². The zero-order chi connectivity index (χ0) is 11.4. The summed E-state index contributed by atoms with van der Waals surface area (Å²) in [6, 6.07) is 0.277. The molecule has 0 spiro atoms. The molecule has 16 heavy (non-hydrogen) atoms. The van der Waals surface area contributed by atoms with Crippen molar-refractivity contribution in [2.45, 2.75) is 19.4 Å². The van der Waals surface area contributed by atoms with Crippen molar-refractivity contribution < 1.29 is 0 Å². The van der Waals surface area contributed by atoms with Crippen molar-refractivity contribution in [3.8, 4) is 0 Å². The molecule has 0 aliphatic carbocycles. The van der Waals surface area contributed by atoms with Crippen LogP contribution < -0.4 is 5.32 Å². The summed E-state index contributed by atoms with van der Waals surface area (Å²) in [5, 5.41) is 5.54. The van der Waals surface area contributed by atoms with Crippen LogP contribution in [0.15, 0.2) is 23.3 Å². The molecule has 0 fully saturated rings. The first-order valence-electron chi connectivity index (χ1n) is 5.35. The smallest absolute Gasteiger partial charge is 0.125 e. The highest BCUT2D eigenvalue weighted by Crippen LogP contribution is 2.08. The van der Waals surface area contributed by atoms with Gasteiger partial charge in [0.05, 0.1) is 17.2 Å². The van der Waals surface area contributed by atoms with E-state index in [9.17, 15) is 0 Å². The maximum absolute atomic E-state index is 4.32. The Morgan fingerprint density at radius 1 is 1.50 bits per heavy atom. The molecule has 0 radical (unpaired) electrons. The van der Waals surface area contributed by atoms with Gasteiger partial charge in [-0.05, 0) is 6.92 Å². The van der Waals surface area contributed by atoms with Crippen molar-refractivity contribution in [2.75, 3.05) is 6.54 Å². The predicted molar refractivity (Wildman–Crippen MR) is 65.4 cm³/mol. The van der Waals surface area contributed by atoms with Crippen molar-refractivity contribution in [1.82, 2.24) is 19.9 Å². The Morgan fingerprint density at radius 3 is 3.00 bits per heavy atom. The van der Waals surface area contributed by atoms with E-state index in [0.29, 0.717) is 0 Å². The maximum Gasteiger partial charge on any atom is 0.125 e. The van der Waals surface area contributed by atoms with Gasteiger partial charge in [-0.1, -0.05) is 0 Å². The number of imidazole rings is 1. The van der Waals surface area contributed by atoms with Crippen LogP contribution in [0.5, 0.6) is 0 Å². The van der Waals surface area contributed by atoms with Crippen molar-refractivity contribution in [3.63, 3.8) is 0 Å². The van der Waals surface area contributed by atoms with Crippen molar-refractivity contribution in [1.29, 1.82) is 0 Å². The van der Waals surface area contributed by atoms with Gasteiger partial charge in [-0.3, -0.25) is 0 Å². The monoisotopic (exact) mass is 236 g/mol. The van der Waals surface area contributed by atoms with Crippen molar-refractivity contribution >= 4 is 11.3 Å². The molecule has 5 heteroatoms. The van der Waals surface area contributed by atoms with Gasteiger partial charge < -0.3 is 9.88 Å². The van der Waals surface area contributed by atoms with E-state index in [-0.39, 0.29) is 6.04 Å². The first kappa shape index (κ1) is 11.3. The van der Waals surface area contributed by atoms with E-state index in [4.69, 9.17) is 0 Å². The standard InChI is InChI=1S/C11H16N4S/c1-9(11-13-5-6-15(11)2)12-4-3-10-7-16-8-14-10/h5-9,12H,3-4H2,1-2H3. The molecule has 86 valence electrons. The highest BCUT2D eigenvalue weighted by molar-refractivity contribution is 7.07. The minimum absolute atomic E-state index is 0.277. The van der Waals surface area contributed by atoms with E-state index in [1.807, 2.05) is 29.5 Å². The summed E-state index contributed by atoms with van der Waals surface area (Å²) >= 11 is 1.64. The molecule has 1 unspecified atom stereocenters. The lowest BCUT2D eigenvalue weighted by molar-refractivity contribution is 0.532. The fourth-order valence-electron chi connectivity index (χ4n) is 1.66. The van der Waals surface area contributed by atoms with Crippen molar-refractivity contribution in [3.05, 3.63) is 34.8 Å². The van der Waals surface area contributed by atoms with Crippen LogP contribution in [-0.2, 0) is 13.5 Å². The van der Waals surface area contributed by atoms with Crippen LogP contribution in [0, 0.1) is 0 Å². The molecule has 0 bridgehead atoms. The van der Waals surface area contributed by atoms with E-state index in [2.05, 4.69) is 27.6 Å². The number of hydrogen-bond donors (Lipinski definition) is 1. The third-order valence-corrected chi connectivity index (χ3v) is 3.20. The average molecular weight is 236 g/mol. The number of aryl methyl sites for hydroxylation is 1. The molecule has 0 aromatic carbocycles. The van der Waals surface area contributed by atoms with Crippen LogP contribution in [0.3, 0.4) is 0 Å². The Bertz CT molecular complexity index is 421. The van der Waals surface area contributed by atoms with Gasteiger partial charge >= 0.3 is 0 Å². The molecule has 0 saturated heterocycles. The number of thiazole rings is 1. The molecular weight excluding hydrogens is 220 g/mol. The Kier molecular flexibility index (Phi) is 3.69. The quantitative estimate of drug-likeness (QED) is 0.860. The summed E-state index contributed by atoms with van der Waals surface area (Å²) in [6.07, 6.45) is 4.76. The Balaban J connectivity index is 1.80. The first-order chi connectivity index (χ1) is 7.77. The van der Waals surface area contributed by atoms with Gasteiger partial charge in [-0.25, -0.2) is 9.97 Å². The number of rotatable bonds is 5. The second-order valence-corrected chi connectivity index (χ2v) is 4.52. The highest BCUT2D eigenvalue weighted by atomic mass is 32.1. The Hall–Kier alpha value is -1.20. The van der Waals surface area contributed by atoms with Gasteiger partial charge in [0.25, 0.3) is 0 Å². The second-order valence-electron chi connectivity index (χ2n) is 3.80. The molecule has 4 nitrogen and oxygen atoms in total. The zero-order valence-electron chi connectivity index (χ0n) is 9.55. The normalized spacial score (nSPS) is 12.9. The van der Waals surface area contributed by atoms with Gasteiger partial charge in [0.15, 0.2) is 0 Å². The fraction of sp³-hybridized carbons (Fsp3) is 0.455. The largest absolute Gasteiger partial charge is 0.337 e. The SMILES string of the molecule is CC(NCCc1cscn1)c1nccn1C. The summed E-state index contributed by atoms with van der Waals surface area (Å²) < 4.78 is 2.04. The van der Waals surface area contributed by atoms with Gasteiger partial charge in [-0.2, -0.15) is 0 Å². The molecular formula is C11H16N4S. The number of nitrogens with zero attached hydrogens (tertiary/aromatic N) is 3. The fourth-order valence-corrected chi connectivity index (χ4v) is 2.26. The van der Waals surface area contributed by atoms with Crippen LogP contribution in [0.1, 0.15) is 24.5 Å². The van der Waals surface area contributed by atoms with Crippen LogP contribution in [0.4, 0.5) is 0 Å². The summed E-state index contributed by atoms with van der Waals surface area (Å²) in [5.41, 5.74) is 3.03. The summed E-state index contributed by atoms with van der Waals surface area (Å²) in [5.74, 6) is 1.07. The third kappa shape index (κ3) is 2.68. The minimum atomic E-state index is 0.277. The van der Waals surface area contributed by atoms with Crippen molar-refractivity contribution in [2.24, 2.45) is 7.05 Å². The Morgan fingerprint density at radius 2 is 2.38 bits per heavy atom. The van der Waals surface area contributed by atoms with Crippen LogP contribution >= 0.6 is 11.3 Å². The maximum atomic E-state index is 4.32. The molecule has 0 aliphatic heterocycles. The molecule has 2 rings (SSSR count).